The molecule has 4 aromatic heterocycles. The third kappa shape index (κ3) is 9.32. The molecule has 4 fully saturated rings. The third-order valence-corrected chi connectivity index (χ3v) is 16.1. The Bertz CT molecular complexity index is 2510. The number of likely N-dealkylation sites (N-methyl/N-ethyl adjacent to an activating group) is 1. The van der Waals surface area contributed by atoms with E-state index in [1.54, 1.807) is 11.3 Å². The normalized spacial score (nSPS) is 24.8. The molecule has 5 aliphatic rings. The number of carboxylic acids is 1. The van der Waals surface area contributed by atoms with Crippen molar-refractivity contribution in [3.63, 3.8) is 0 Å². The van der Waals surface area contributed by atoms with Gasteiger partial charge in [0.1, 0.15) is 5.82 Å². The van der Waals surface area contributed by atoms with Gasteiger partial charge in [0.15, 0.2) is 26.3 Å². The Balaban J connectivity index is 0.888. The first-order valence-corrected chi connectivity index (χ1v) is 25.1. The maximum Gasteiger partial charge on any atom is 0.355 e. The fourth-order valence-corrected chi connectivity index (χ4v) is 14.2. The van der Waals surface area contributed by atoms with Crippen molar-refractivity contribution in [3.8, 4) is 11.1 Å². The molecule has 4 bridgehead atoms. The van der Waals surface area contributed by atoms with Crippen LogP contribution in [0.15, 0.2) is 42.6 Å². The topological polar surface area (TPSA) is 151 Å². The lowest BCUT2D eigenvalue weighted by molar-refractivity contribution is -0.248. The summed E-state index contributed by atoms with van der Waals surface area (Å²) >= 11 is 3.48. The van der Waals surface area contributed by atoms with Gasteiger partial charge in [-0.1, -0.05) is 56.6 Å². The number of anilines is 4. The lowest BCUT2D eigenvalue weighted by Gasteiger charge is -2.69. The fourth-order valence-electron chi connectivity index (χ4n) is 13.0. The maximum atomic E-state index is 13.0. The number of pyridine rings is 1. The van der Waals surface area contributed by atoms with Crippen molar-refractivity contribution in [1.82, 2.24) is 34.8 Å². The van der Waals surface area contributed by atoms with Crippen LogP contribution in [0.4, 0.5) is 22.6 Å². The molecular formula is C49H62IN9O4S. The van der Waals surface area contributed by atoms with Crippen molar-refractivity contribution < 1.29 is 19.4 Å². The van der Waals surface area contributed by atoms with Crippen LogP contribution in [0.2, 0.25) is 0 Å². The molecule has 64 heavy (non-hydrogen) atoms. The summed E-state index contributed by atoms with van der Waals surface area (Å²) in [6.07, 6.45) is 16.7. The highest BCUT2D eigenvalue weighted by molar-refractivity contribution is 14.1. The molecule has 1 aliphatic heterocycles. The zero-order valence-electron chi connectivity index (χ0n) is 38.0. The van der Waals surface area contributed by atoms with Gasteiger partial charge in [-0.25, -0.2) is 14.8 Å². The number of fused-ring (bicyclic) bond motifs is 2. The van der Waals surface area contributed by atoms with E-state index < -0.39 is 5.97 Å². The van der Waals surface area contributed by atoms with Crippen LogP contribution in [-0.2, 0) is 22.5 Å². The summed E-state index contributed by atoms with van der Waals surface area (Å²) in [4.78, 5) is 38.2. The van der Waals surface area contributed by atoms with Crippen molar-refractivity contribution >= 4 is 76.5 Å². The number of carbonyl (C=O) groups is 2. The van der Waals surface area contributed by atoms with Crippen LogP contribution < -0.4 is 10.2 Å². The molecule has 2 N–H and O–H groups in total. The van der Waals surface area contributed by atoms with E-state index in [-0.39, 0.29) is 31.3 Å². The lowest BCUT2D eigenvalue weighted by atomic mass is 9.39. The molecule has 10 rings (SSSR count). The molecule has 0 spiro atoms. The van der Waals surface area contributed by atoms with Gasteiger partial charge in [-0.3, -0.25) is 9.48 Å². The van der Waals surface area contributed by atoms with Crippen molar-refractivity contribution in [2.24, 2.45) is 16.2 Å². The van der Waals surface area contributed by atoms with Gasteiger partial charge in [0.2, 0.25) is 0 Å². The van der Waals surface area contributed by atoms with Gasteiger partial charge in [0.25, 0.3) is 0 Å². The predicted molar refractivity (Wildman–Crippen MR) is 261 cm³/mol. The van der Waals surface area contributed by atoms with E-state index in [1.807, 2.05) is 64.0 Å². The second-order valence-corrected chi connectivity index (χ2v) is 22.6. The van der Waals surface area contributed by atoms with E-state index in [0.717, 1.165) is 122 Å². The van der Waals surface area contributed by atoms with Crippen LogP contribution in [0.25, 0.3) is 21.3 Å². The van der Waals surface area contributed by atoms with Crippen molar-refractivity contribution in [2.45, 2.75) is 130 Å². The molecule has 1 aromatic carbocycles. The van der Waals surface area contributed by atoms with E-state index in [0.29, 0.717) is 36.0 Å². The highest BCUT2D eigenvalue weighted by atomic mass is 127. The van der Waals surface area contributed by atoms with E-state index >= 15 is 0 Å². The van der Waals surface area contributed by atoms with Crippen LogP contribution in [0.1, 0.15) is 125 Å². The van der Waals surface area contributed by atoms with Gasteiger partial charge in [0, 0.05) is 54.0 Å². The van der Waals surface area contributed by atoms with Crippen molar-refractivity contribution in [3.05, 3.63) is 65.1 Å². The smallest absolute Gasteiger partial charge is 0.355 e. The lowest BCUT2D eigenvalue weighted by Crippen LogP contribution is -2.64. The Morgan fingerprint density at radius 1 is 0.922 bits per heavy atom. The molecule has 2 unspecified atom stereocenters. The van der Waals surface area contributed by atoms with Gasteiger partial charge >= 0.3 is 5.97 Å². The SMILES string of the molecule is Cc1c(Nc2nc3ccccc3s2)nnc2c1CCCN2c1ccc(-c2cnn(CC34CC5(OCCN(C)CCCCCCCC(=O)I)C[C@](C)(C3)C[C@](C)(C4)C5)c2C)c(C(=O)O)n1. The van der Waals surface area contributed by atoms with Gasteiger partial charge in [-0.05, 0) is 155 Å². The van der Waals surface area contributed by atoms with E-state index in [2.05, 4.69) is 65.9 Å². The van der Waals surface area contributed by atoms with Gasteiger partial charge < -0.3 is 25.0 Å². The predicted octanol–water partition coefficient (Wildman–Crippen LogP) is 10.9. The number of unbranched alkanes of at least 4 members (excludes halogenated alkanes) is 4. The van der Waals surface area contributed by atoms with E-state index in [4.69, 9.17) is 19.8 Å². The van der Waals surface area contributed by atoms with Crippen LogP contribution >= 0.6 is 33.9 Å². The number of nitrogens with zero attached hydrogens (tertiary/aromatic N) is 8. The van der Waals surface area contributed by atoms with E-state index in [1.165, 1.54) is 25.7 Å². The largest absolute Gasteiger partial charge is 0.476 e. The van der Waals surface area contributed by atoms with Crippen LogP contribution in [-0.4, -0.2) is 88.6 Å². The molecule has 0 radical (unpaired) electrons. The zero-order valence-corrected chi connectivity index (χ0v) is 41.0. The molecule has 5 aromatic rings. The Kier molecular flexibility index (Phi) is 12.7. The van der Waals surface area contributed by atoms with E-state index in [9.17, 15) is 14.7 Å². The standard InChI is InChI=1S/C49H62IN9O4S/c1-32-34-14-13-21-58(43(34)56-55-42(32)54-45-52-37-15-10-11-16-38(37)64-45)40-19-18-35(41(53-40)44(61)62)36-24-51-59(33(36)2)31-48-26-46(3)25-47(4,27-48)29-49(28-46,30-48)63-23-22-57(5)20-12-8-6-7-9-17-39(50)60/h10-11,15-16,18-19,24H,6-9,12-14,17,20-23,25-31H2,1-5H3,(H,61,62)(H,52,54,55)/t46-,47+,48?,49?. The number of nitrogens with one attached hydrogen (secondary N) is 1. The minimum absolute atomic E-state index is 0.00243. The molecule has 4 saturated carbocycles. The average molecular weight is 1000 g/mol. The monoisotopic (exact) mass is 999 g/mol. The maximum absolute atomic E-state index is 13.0. The van der Waals surface area contributed by atoms with Crippen LogP contribution in [0.3, 0.4) is 0 Å². The summed E-state index contributed by atoms with van der Waals surface area (Å²) in [6, 6.07) is 11.9. The molecular weight excluding hydrogens is 938 g/mol. The number of aromatic nitrogens is 6. The second kappa shape index (κ2) is 18.0. The summed E-state index contributed by atoms with van der Waals surface area (Å²) in [7, 11) is 2.21. The minimum atomic E-state index is -1.08. The van der Waals surface area contributed by atoms with Gasteiger partial charge in [-0.15, -0.1) is 10.2 Å². The number of halogens is 1. The molecule has 0 amide bonds. The fraction of sp³-hybridized carbons (Fsp3) is 0.571. The first-order chi connectivity index (χ1) is 30.6. The highest BCUT2D eigenvalue weighted by Crippen LogP contribution is 2.72. The number of rotatable bonds is 19. The second-order valence-electron chi connectivity index (χ2n) is 20.4. The first-order valence-electron chi connectivity index (χ1n) is 23.2. The molecule has 4 aliphatic carbocycles. The summed E-state index contributed by atoms with van der Waals surface area (Å²) in [5.74, 6) is 0.833. The van der Waals surface area contributed by atoms with Crippen LogP contribution in [0, 0.1) is 30.1 Å². The molecule has 0 saturated heterocycles. The number of thiazole rings is 1. The summed E-state index contributed by atoms with van der Waals surface area (Å²) in [5.41, 5.74) is 5.64. The number of para-hydroxylation sites is 1. The zero-order chi connectivity index (χ0) is 44.9. The Morgan fingerprint density at radius 2 is 1.69 bits per heavy atom. The number of hydrogen-bond acceptors (Lipinski definition) is 12. The summed E-state index contributed by atoms with van der Waals surface area (Å²) in [5, 5.41) is 29.1. The number of hydrogen-bond donors (Lipinski definition) is 2. The Hall–Kier alpha value is -4.06. The van der Waals surface area contributed by atoms with Gasteiger partial charge in [0.05, 0.1) is 28.6 Å². The minimum Gasteiger partial charge on any atom is -0.476 e. The van der Waals surface area contributed by atoms with Crippen LogP contribution in [0.5, 0.6) is 0 Å². The molecule has 340 valence electrons. The summed E-state index contributed by atoms with van der Waals surface area (Å²) < 4.78 is 10.6. The highest BCUT2D eigenvalue weighted by Gasteiger charge is 2.66. The summed E-state index contributed by atoms with van der Waals surface area (Å²) in [6.45, 7) is 13.3. The first kappa shape index (κ1) is 45.1. The number of benzene rings is 1. The number of carboxylic acid groups (broad SMARTS) is 1. The number of carbonyl (C=O) groups excluding carboxylic acids is 1. The molecule has 13 nitrogen and oxygen atoms in total. The van der Waals surface area contributed by atoms with Crippen molar-refractivity contribution in [1.29, 1.82) is 0 Å². The third-order valence-electron chi connectivity index (χ3n) is 14.6. The Labute approximate surface area is 394 Å². The average Bonchev–Trinajstić information content (AvgIpc) is 3.81. The van der Waals surface area contributed by atoms with Gasteiger partial charge in [-0.2, -0.15) is 5.10 Å². The number of aromatic carboxylic acids is 1. The molecule has 5 heterocycles. The molecule has 15 heteroatoms. The van der Waals surface area contributed by atoms with Crippen molar-refractivity contribution in [2.75, 3.05) is 43.5 Å². The quantitative estimate of drug-likeness (QED) is 0.0460. The molecule has 4 atom stereocenters. The Morgan fingerprint density at radius 3 is 2.45 bits per heavy atom. The number of ether oxygens (including phenoxy) is 1.